The van der Waals surface area contributed by atoms with Gasteiger partial charge >= 0.3 is 0 Å². The molecule has 0 bridgehead atoms. The predicted molar refractivity (Wildman–Crippen MR) is 83.9 cm³/mol. The number of hydrogen-bond donors (Lipinski definition) is 2. The van der Waals surface area contributed by atoms with E-state index in [0.717, 1.165) is 12.8 Å². The van der Waals surface area contributed by atoms with Crippen LogP contribution in [0.1, 0.15) is 66.7 Å². The molecule has 126 valence electrons. The van der Waals surface area contributed by atoms with Gasteiger partial charge in [-0.05, 0) is 44.4 Å². The second kappa shape index (κ2) is 6.88. The Balaban J connectivity index is 2.99. The highest BCUT2D eigenvalue weighted by molar-refractivity contribution is 4.95. The largest absolute Gasteiger partial charge is 0.321 e. The van der Waals surface area contributed by atoms with Crippen molar-refractivity contribution in [1.29, 1.82) is 0 Å². The van der Waals surface area contributed by atoms with Crippen molar-refractivity contribution in [2.24, 2.45) is 22.9 Å². The second-order valence-corrected chi connectivity index (χ2v) is 7.60. The third kappa shape index (κ3) is 4.36. The number of alkyl halides is 2. The van der Waals surface area contributed by atoms with Crippen LogP contribution in [-0.2, 0) is 0 Å². The first-order valence-corrected chi connectivity index (χ1v) is 8.17. The molecule has 3 atom stereocenters. The van der Waals surface area contributed by atoms with Crippen LogP contribution in [0.5, 0.6) is 0 Å². The molecule has 0 aromatic rings. The molecule has 1 rings (SSSR count). The highest BCUT2D eigenvalue weighted by atomic mass is 19.3. The molecule has 1 aliphatic carbocycles. The van der Waals surface area contributed by atoms with E-state index in [9.17, 15) is 8.78 Å². The average Bonchev–Trinajstić information content (AvgIpc) is 2.42. The fourth-order valence-electron chi connectivity index (χ4n) is 3.21. The lowest BCUT2D eigenvalue weighted by molar-refractivity contribution is -0.0704. The summed E-state index contributed by atoms with van der Waals surface area (Å²) in [5, 5.41) is 1.52. The van der Waals surface area contributed by atoms with Gasteiger partial charge in [-0.25, -0.2) is 13.8 Å². The maximum Gasteiger partial charge on any atom is 0.264 e. The molecule has 21 heavy (non-hydrogen) atoms. The van der Waals surface area contributed by atoms with Crippen LogP contribution >= 0.6 is 0 Å². The van der Waals surface area contributed by atoms with Gasteiger partial charge < -0.3 is 5.73 Å². The molecule has 1 aliphatic rings. The van der Waals surface area contributed by atoms with Crippen molar-refractivity contribution in [3.05, 3.63) is 0 Å². The van der Waals surface area contributed by atoms with Crippen LogP contribution in [0, 0.1) is 11.3 Å². The Kier molecular flexibility index (Phi) is 6.16. The Morgan fingerprint density at radius 2 is 1.67 bits per heavy atom. The van der Waals surface area contributed by atoms with E-state index in [-0.39, 0.29) is 17.9 Å². The van der Waals surface area contributed by atoms with Crippen LogP contribution in [0.4, 0.5) is 8.78 Å². The first-order valence-electron chi connectivity index (χ1n) is 8.17. The molecule has 5 heteroatoms. The number of rotatable bonds is 3. The van der Waals surface area contributed by atoms with Crippen LogP contribution in [0.3, 0.4) is 0 Å². The lowest BCUT2D eigenvalue weighted by Crippen LogP contribution is -2.60. The molecule has 0 aromatic carbocycles. The Morgan fingerprint density at radius 1 is 1.10 bits per heavy atom. The number of hydrogen-bond acceptors (Lipinski definition) is 3. The summed E-state index contributed by atoms with van der Waals surface area (Å²) in [5.74, 6) is 3.55. The van der Waals surface area contributed by atoms with Crippen molar-refractivity contribution >= 4 is 0 Å². The van der Waals surface area contributed by atoms with Gasteiger partial charge in [-0.15, -0.1) is 0 Å². The zero-order valence-corrected chi connectivity index (χ0v) is 14.2. The Labute approximate surface area is 128 Å². The van der Waals surface area contributed by atoms with E-state index in [0.29, 0.717) is 18.8 Å². The van der Waals surface area contributed by atoms with Crippen molar-refractivity contribution < 1.29 is 8.78 Å². The quantitative estimate of drug-likeness (QED) is 0.619. The monoisotopic (exact) mass is 305 g/mol. The van der Waals surface area contributed by atoms with Crippen molar-refractivity contribution in [3.63, 3.8) is 0 Å². The van der Waals surface area contributed by atoms with Crippen molar-refractivity contribution in [1.82, 2.24) is 5.01 Å². The molecule has 3 unspecified atom stereocenters. The summed E-state index contributed by atoms with van der Waals surface area (Å²) in [6.45, 7) is 10.2. The van der Waals surface area contributed by atoms with Gasteiger partial charge in [0.2, 0.25) is 0 Å². The molecule has 1 fully saturated rings. The number of hydrazine groups is 1. The van der Waals surface area contributed by atoms with Gasteiger partial charge in [0, 0.05) is 18.5 Å². The van der Waals surface area contributed by atoms with Crippen LogP contribution < -0.4 is 11.6 Å². The highest BCUT2D eigenvalue weighted by Gasteiger charge is 2.46. The van der Waals surface area contributed by atoms with Crippen molar-refractivity contribution in [2.45, 2.75) is 90.8 Å². The second-order valence-electron chi connectivity index (χ2n) is 7.60. The molecular weight excluding hydrogens is 272 g/mol. The maximum absolute atomic E-state index is 14.5. The standard InChI is InChI=1S/C16H33F2N3/c1-11(2)15(5)8-6-7-13(21(20)12(3)4)14(19)16(17,18)10-9-15/h11-14H,6-10,19-20H2,1-5H3. The number of halogens is 2. The van der Waals surface area contributed by atoms with E-state index >= 15 is 0 Å². The van der Waals surface area contributed by atoms with Crippen LogP contribution in [0.25, 0.3) is 0 Å². The Bertz CT molecular complexity index is 333. The van der Waals surface area contributed by atoms with E-state index in [4.69, 9.17) is 11.6 Å². The highest BCUT2D eigenvalue weighted by Crippen LogP contribution is 2.43. The predicted octanol–water partition coefficient (Wildman–Crippen LogP) is 3.53. The number of nitrogens with zero attached hydrogens (tertiary/aromatic N) is 1. The molecule has 0 amide bonds. The van der Waals surface area contributed by atoms with Gasteiger partial charge in [-0.1, -0.05) is 27.2 Å². The summed E-state index contributed by atoms with van der Waals surface area (Å²) in [5.41, 5.74) is 5.88. The summed E-state index contributed by atoms with van der Waals surface area (Å²) >= 11 is 0. The van der Waals surface area contributed by atoms with Gasteiger partial charge in [0.25, 0.3) is 5.92 Å². The van der Waals surface area contributed by atoms with Gasteiger partial charge in [0.1, 0.15) is 0 Å². The van der Waals surface area contributed by atoms with E-state index in [2.05, 4.69) is 20.8 Å². The molecule has 0 aliphatic heterocycles. The van der Waals surface area contributed by atoms with Gasteiger partial charge in [-0.3, -0.25) is 5.84 Å². The minimum absolute atomic E-state index is 0.00841. The third-order valence-corrected chi connectivity index (χ3v) is 5.55. The normalized spacial score (nSPS) is 34.9. The molecule has 3 nitrogen and oxygen atoms in total. The third-order valence-electron chi connectivity index (χ3n) is 5.55. The Hall–Kier alpha value is -0.260. The number of nitrogens with two attached hydrogens (primary N) is 2. The fourth-order valence-corrected chi connectivity index (χ4v) is 3.21. The first kappa shape index (κ1) is 18.8. The topological polar surface area (TPSA) is 55.3 Å². The van der Waals surface area contributed by atoms with Crippen LogP contribution in [0.15, 0.2) is 0 Å². The summed E-state index contributed by atoms with van der Waals surface area (Å²) in [6, 6.07) is -1.65. The maximum atomic E-state index is 14.5. The SMILES string of the molecule is CC(C)N(N)C1CCCC(C)(C(C)C)CCC(F)(F)C1N. The zero-order valence-electron chi connectivity index (χ0n) is 14.2. The van der Waals surface area contributed by atoms with Crippen molar-refractivity contribution in [2.75, 3.05) is 0 Å². The van der Waals surface area contributed by atoms with Gasteiger partial charge in [0.05, 0.1) is 6.04 Å². The summed E-state index contributed by atoms with van der Waals surface area (Å²) in [6.07, 6.45) is 2.85. The van der Waals surface area contributed by atoms with E-state index < -0.39 is 18.0 Å². The molecule has 0 heterocycles. The first-order chi connectivity index (χ1) is 9.51. The summed E-state index contributed by atoms with van der Waals surface area (Å²) in [7, 11) is 0. The molecule has 0 spiro atoms. The lowest BCUT2D eigenvalue weighted by atomic mass is 9.72. The lowest BCUT2D eigenvalue weighted by Gasteiger charge is -2.38. The average molecular weight is 305 g/mol. The minimum Gasteiger partial charge on any atom is -0.321 e. The molecule has 0 aromatic heterocycles. The summed E-state index contributed by atoms with van der Waals surface area (Å²) in [4.78, 5) is 0. The smallest absolute Gasteiger partial charge is 0.264 e. The van der Waals surface area contributed by atoms with Crippen LogP contribution in [0.2, 0.25) is 0 Å². The van der Waals surface area contributed by atoms with Crippen molar-refractivity contribution in [3.8, 4) is 0 Å². The summed E-state index contributed by atoms with van der Waals surface area (Å²) < 4.78 is 29.0. The Morgan fingerprint density at radius 3 is 2.14 bits per heavy atom. The molecule has 4 N–H and O–H groups in total. The van der Waals surface area contributed by atoms with E-state index in [1.807, 2.05) is 13.8 Å². The zero-order chi connectivity index (χ0) is 16.4. The molecule has 1 saturated carbocycles. The van der Waals surface area contributed by atoms with Gasteiger partial charge in [0.15, 0.2) is 0 Å². The van der Waals surface area contributed by atoms with Crippen LogP contribution in [-0.4, -0.2) is 29.1 Å². The minimum atomic E-state index is -2.86. The molecule has 0 saturated heterocycles. The molecular formula is C16H33F2N3. The van der Waals surface area contributed by atoms with Gasteiger partial charge in [-0.2, -0.15) is 0 Å². The molecule has 0 radical (unpaired) electrons. The van der Waals surface area contributed by atoms with E-state index in [1.54, 1.807) is 0 Å². The van der Waals surface area contributed by atoms with E-state index in [1.165, 1.54) is 5.01 Å². The fraction of sp³-hybridized carbons (Fsp3) is 1.00.